The molecule has 0 radical (unpaired) electrons. The van der Waals surface area contributed by atoms with Gasteiger partial charge >= 0.3 is 0 Å². The van der Waals surface area contributed by atoms with Crippen LogP contribution in [0.25, 0.3) is 0 Å². The summed E-state index contributed by atoms with van der Waals surface area (Å²) in [6.07, 6.45) is 13.6. The molecule has 24 heavy (non-hydrogen) atoms. The highest BCUT2D eigenvalue weighted by molar-refractivity contribution is 6.43. The molecule has 0 aliphatic carbocycles. The third-order valence-corrected chi connectivity index (χ3v) is 5.82. The molecule has 0 saturated carbocycles. The normalized spacial score (nSPS) is 14.0. The molecule has 1 nitrogen and oxygen atoms in total. The maximum atomic E-state index is 6.30. The smallest absolute Gasteiger partial charge is 0.241 e. The largest absolute Gasteiger partial charge is 0.294 e. The van der Waals surface area contributed by atoms with Gasteiger partial charge in [0.2, 0.25) is 4.96 Å². The van der Waals surface area contributed by atoms with E-state index in [0.29, 0.717) is 4.48 Å². The van der Waals surface area contributed by atoms with Gasteiger partial charge in [0.25, 0.3) is 0 Å². The van der Waals surface area contributed by atoms with Gasteiger partial charge in [-0.05, 0) is 36.0 Å². The zero-order chi connectivity index (χ0) is 17.7. The van der Waals surface area contributed by atoms with Crippen LogP contribution in [-0.4, -0.2) is 23.0 Å². The molecule has 0 amide bonds. The first-order chi connectivity index (χ1) is 11.6. The Morgan fingerprint density at radius 3 is 1.79 bits per heavy atom. The van der Waals surface area contributed by atoms with E-state index in [1.165, 1.54) is 69.8 Å². The fourth-order valence-electron chi connectivity index (χ4n) is 3.21. The van der Waals surface area contributed by atoms with E-state index in [0.717, 1.165) is 13.1 Å². The number of unbranched alkanes of at least 4 members (excludes halogenated alkanes) is 9. The average Bonchev–Trinajstić information content (AvgIpc) is 2.57. The molecule has 0 fully saturated rings. The molecule has 1 aromatic rings. The number of nitrogens with zero attached hydrogens (tertiary/aromatic N) is 1. The van der Waals surface area contributed by atoms with Gasteiger partial charge in [-0.3, -0.25) is 4.48 Å². The Hall–Kier alpha value is -0.240. The second-order valence-corrected chi connectivity index (χ2v) is 8.36. The summed E-state index contributed by atoms with van der Waals surface area (Å²) in [5.74, 6) is 0. The Kier molecular flexibility index (Phi) is 11.8. The van der Waals surface area contributed by atoms with Gasteiger partial charge in [0.1, 0.15) is 6.54 Å². The maximum Gasteiger partial charge on any atom is 0.241 e. The van der Waals surface area contributed by atoms with Crippen LogP contribution in [0.5, 0.6) is 0 Å². The standard InChI is InChI=1S/C21H36Cl2N/c1-3-4-5-6-7-8-9-10-11-15-18-24(2,21(22)23)19-20-16-13-12-14-17-20/h12-14,16-17,21H,3-11,15,18-19H2,1-2H3/q+1. The van der Waals surface area contributed by atoms with Crippen molar-refractivity contribution in [3.05, 3.63) is 35.9 Å². The molecule has 1 unspecified atom stereocenters. The minimum absolute atomic E-state index is 0.372. The van der Waals surface area contributed by atoms with Crippen molar-refractivity contribution in [2.75, 3.05) is 13.6 Å². The third kappa shape index (κ3) is 9.30. The summed E-state index contributed by atoms with van der Waals surface area (Å²) in [5, 5.41) is 0. The minimum Gasteiger partial charge on any atom is -0.294 e. The van der Waals surface area contributed by atoms with Crippen molar-refractivity contribution in [3.63, 3.8) is 0 Å². The van der Waals surface area contributed by atoms with Gasteiger partial charge < -0.3 is 0 Å². The second-order valence-electron chi connectivity index (χ2n) is 7.31. The van der Waals surface area contributed by atoms with E-state index in [-0.39, 0.29) is 4.96 Å². The van der Waals surface area contributed by atoms with Crippen LogP contribution in [-0.2, 0) is 6.54 Å². The molecule has 1 rings (SSSR count). The van der Waals surface area contributed by atoms with E-state index in [1.54, 1.807) is 0 Å². The Morgan fingerprint density at radius 2 is 1.29 bits per heavy atom. The van der Waals surface area contributed by atoms with Gasteiger partial charge in [0.15, 0.2) is 0 Å². The first-order valence-corrected chi connectivity index (χ1v) is 10.6. The fraction of sp³-hybridized carbons (Fsp3) is 0.714. The lowest BCUT2D eigenvalue weighted by molar-refractivity contribution is -0.922. The van der Waals surface area contributed by atoms with Crippen molar-refractivity contribution in [1.29, 1.82) is 0 Å². The lowest BCUT2D eigenvalue weighted by Gasteiger charge is -2.35. The number of alkyl halides is 2. The number of rotatable bonds is 14. The fourth-order valence-corrected chi connectivity index (χ4v) is 3.54. The van der Waals surface area contributed by atoms with Gasteiger partial charge in [-0.2, -0.15) is 0 Å². The van der Waals surface area contributed by atoms with Crippen molar-refractivity contribution in [3.8, 4) is 0 Å². The van der Waals surface area contributed by atoms with Crippen LogP contribution >= 0.6 is 23.2 Å². The Balaban J connectivity index is 2.18. The average molecular weight is 373 g/mol. The van der Waals surface area contributed by atoms with Crippen LogP contribution in [0.1, 0.15) is 76.7 Å². The Morgan fingerprint density at radius 1 is 0.792 bits per heavy atom. The third-order valence-electron chi connectivity index (χ3n) is 4.88. The van der Waals surface area contributed by atoms with Crippen molar-refractivity contribution in [2.45, 2.75) is 82.6 Å². The maximum absolute atomic E-state index is 6.30. The van der Waals surface area contributed by atoms with Crippen LogP contribution in [0.2, 0.25) is 0 Å². The van der Waals surface area contributed by atoms with Gasteiger partial charge in [-0.1, -0.05) is 88.6 Å². The summed E-state index contributed by atoms with van der Waals surface area (Å²) in [4.78, 5) is -0.372. The van der Waals surface area contributed by atoms with Gasteiger partial charge in [0.05, 0.1) is 13.6 Å². The van der Waals surface area contributed by atoms with E-state index in [9.17, 15) is 0 Å². The van der Waals surface area contributed by atoms with E-state index in [2.05, 4.69) is 44.3 Å². The molecule has 138 valence electrons. The molecule has 1 aromatic carbocycles. The monoisotopic (exact) mass is 372 g/mol. The van der Waals surface area contributed by atoms with Crippen LogP contribution in [0.4, 0.5) is 0 Å². The summed E-state index contributed by atoms with van der Waals surface area (Å²) in [6.45, 7) is 4.22. The zero-order valence-corrected chi connectivity index (χ0v) is 17.2. The molecule has 3 heteroatoms. The van der Waals surface area contributed by atoms with E-state index in [1.807, 2.05) is 0 Å². The highest BCUT2D eigenvalue weighted by Gasteiger charge is 2.29. The van der Waals surface area contributed by atoms with Gasteiger partial charge in [-0.15, -0.1) is 0 Å². The minimum atomic E-state index is -0.372. The number of halogens is 2. The van der Waals surface area contributed by atoms with Crippen LogP contribution in [0, 0.1) is 0 Å². The lowest BCUT2D eigenvalue weighted by Crippen LogP contribution is -2.47. The molecule has 0 aromatic heterocycles. The van der Waals surface area contributed by atoms with Crippen LogP contribution in [0.3, 0.4) is 0 Å². The molecule has 0 bridgehead atoms. The predicted octanol–water partition coefficient (Wildman–Crippen LogP) is 7.32. The lowest BCUT2D eigenvalue weighted by atomic mass is 10.1. The van der Waals surface area contributed by atoms with Crippen molar-refractivity contribution in [1.82, 2.24) is 0 Å². The SMILES string of the molecule is CCCCCCCCCCCC[N+](C)(Cc1ccccc1)C(Cl)Cl. The molecule has 0 aliphatic heterocycles. The molecule has 0 aliphatic rings. The van der Waals surface area contributed by atoms with Crippen molar-refractivity contribution < 1.29 is 4.48 Å². The van der Waals surface area contributed by atoms with E-state index in [4.69, 9.17) is 23.2 Å². The predicted molar refractivity (Wildman–Crippen MR) is 109 cm³/mol. The van der Waals surface area contributed by atoms with Crippen molar-refractivity contribution >= 4 is 23.2 Å². The second kappa shape index (κ2) is 13.0. The van der Waals surface area contributed by atoms with Crippen LogP contribution < -0.4 is 0 Å². The molecular weight excluding hydrogens is 337 g/mol. The Labute approximate surface area is 159 Å². The molecule has 0 heterocycles. The Bertz CT molecular complexity index is 408. The van der Waals surface area contributed by atoms with Gasteiger partial charge in [-0.25, -0.2) is 0 Å². The number of benzene rings is 1. The first-order valence-electron chi connectivity index (χ1n) is 9.75. The van der Waals surface area contributed by atoms with Crippen LogP contribution in [0.15, 0.2) is 30.3 Å². The molecule has 0 N–H and O–H groups in total. The summed E-state index contributed by atoms with van der Waals surface area (Å²) in [7, 11) is 2.17. The molecule has 1 atom stereocenters. The highest BCUT2D eigenvalue weighted by atomic mass is 35.5. The molecule has 0 spiro atoms. The first kappa shape index (κ1) is 21.8. The summed E-state index contributed by atoms with van der Waals surface area (Å²) >= 11 is 12.6. The summed E-state index contributed by atoms with van der Waals surface area (Å²) < 4.78 is 0.699. The molecular formula is C21H36Cl2N+. The van der Waals surface area contributed by atoms with E-state index < -0.39 is 0 Å². The van der Waals surface area contributed by atoms with Crippen molar-refractivity contribution in [2.24, 2.45) is 0 Å². The summed E-state index contributed by atoms with van der Waals surface area (Å²) in [5.41, 5.74) is 1.30. The number of quaternary nitrogens is 1. The molecule has 0 saturated heterocycles. The zero-order valence-electron chi connectivity index (χ0n) is 15.7. The number of hydrogen-bond acceptors (Lipinski definition) is 0. The van der Waals surface area contributed by atoms with E-state index >= 15 is 0 Å². The highest BCUT2D eigenvalue weighted by Crippen LogP contribution is 2.24. The quantitative estimate of drug-likeness (QED) is 0.139. The topological polar surface area (TPSA) is 0 Å². The summed E-state index contributed by atoms with van der Waals surface area (Å²) in [6, 6.07) is 10.5. The number of hydrogen-bond donors (Lipinski definition) is 0. The van der Waals surface area contributed by atoms with Gasteiger partial charge in [0, 0.05) is 5.56 Å².